The van der Waals surface area contributed by atoms with Crippen molar-refractivity contribution in [3.05, 3.63) is 65.0 Å². The van der Waals surface area contributed by atoms with E-state index in [0.717, 1.165) is 24.1 Å². The molecule has 2 aromatic rings. The number of aliphatic hydroxyl groups excluding tert-OH is 1. The van der Waals surface area contributed by atoms with Gasteiger partial charge in [0.2, 0.25) is 0 Å². The Bertz CT molecular complexity index is 599. The summed E-state index contributed by atoms with van der Waals surface area (Å²) in [7, 11) is 1.46. The van der Waals surface area contributed by atoms with Crippen molar-refractivity contribution in [2.45, 2.75) is 26.0 Å². The number of aliphatic hydroxyl groups is 1. The standard InChI is InChI=1S/C18H22FNO2/c1-13(16-7-8-18(22-2)17(19)11-16)20-10-9-14-3-5-15(12-21)6-4-14/h3-8,11,13,20-21H,9-10,12H2,1-2H3. The van der Waals surface area contributed by atoms with E-state index in [4.69, 9.17) is 9.84 Å². The average Bonchev–Trinajstić information content (AvgIpc) is 2.55. The molecule has 0 aromatic heterocycles. The summed E-state index contributed by atoms with van der Waals surface area (Å²) >= 11 is 0. The van der Waals surface area contributed by atoms with Crippen molar-refractivity contribution >= 4 is 0 Å². The number of hydrogen-bond acceptors (Lipinski definition) is 3. The van der Waals surface area contributed by atoms with Gasteiger partial charge in [-0.05, 0) is 48.7 Å². The van der Waals surface area contributed by atoms with Gasteiger partial charge in [0, 0.05) is 6.04 Å². The van der Waals surface area contributed by atoms with Gasteiger partial charge in [0.1, 0.15) is 0 Å². The van der Waals surface area contributed by atoms with Crippen molar-refractivity contribution in [3.63, 3.8) is 0 Å². The van der Waals surface area contributed by atoms with Gasteiger partial charge in [-0.25, -0.2) is 4.39 Å². The summed E-state index contributed by atoms with van der Waals surface area (Å²) in [6.07, 6.45) is 0.884. The lowest BCUT2D eigenvalue weighted by molar-refractivity contribution is 0.282. The highest BCUT2D eigenvalue weighted by molar-refractivity contribution is 5.30. The number of ether oxygens (including phenoxy) is 1. The summed E-state index contributed by atoms with van der Waals surface area (Å²) in [6.45, 7) is 2.88. The second-order valence-electron chi connectivity index (χ2n) is 5.29. The van der Waals surface area contributed by atoms with Crippen LogP contribution in [-0.4, -0.2) is 18.8 Å². The molecule has 1 unspecified atom stereocenters. The van der Waals surface area contributed by atoms with Gasteiger partial charge >= 0.3 is 0 Å². The Morgan fingerprint density at radius 2 is 1.82 bits per heavy atom. The van der Waals surface area contributed by atoms with Gasteiger partial charge in [0.25, 0.3) is 0 Å². The van der Waals surface area contributed by atoms with Crippen LogP contribution in [-0.2, 0) is 13.0 Å². The molecule has 0 fully saturated rings. The van der Waals surface area contributed by atoms with Gasteiger partial charge < -0.3 is 15.2 Å². The van der Waals surface area contributed by atoms with Crippen LogP contribution in [0.25, 0.3) is 0 Å². The number of benzene rings is 2. The number of nitrogens with one attached hydrogen (secondary N) is 1. The molecular formula is C18H22FNO2. The molecule has 0 radical (unpaired) electrons. The van der Waals surface area contributed by atoms with Crippen molar-refractivity contribution in [1.29, 1.82) is 0 Å². The first kappa shape index (κ1) is 16.5. The molecule has 0 amide bonds. The van der Waals surface area contributed by atoms with Crippen LogP contribution in [0, 0.1) is 5.82 Å². The van der Waals surface area contributed by atoms with Gasteiger partial charge in [-0.3, -0.25) is 0 Å². The van der Waals surface area contributed by atoms with Crippen LogP contribution in [0.4, 0.5) is 4.39 Å². The zero-order valence-electron chi connectivity index (χ0n) is 13.0. The Balaban J connectivity index is 1.86. The highest BCUT2D eigenvalue weighted by Crippen LogP contribution is 2.21. The molecule has 2 aromatic carbocycles. The minimum absolute atomic E-state index is 0.0668. The highest BCUT2D eigenvalue weighted by atomic mass is 19.1. The molecule has 0 aliphatic rings. The second-order valence-corrected chi connectivity index (χ2v) is 5.29. The fraction of sp³-hybridized carbons (Fsp3) is 0.333. The van der Waals surface area contributed by atoms with Crippen LogP contribution < -0.4 is 10.1 Å². The predicted molar refractivity (Wildman–Crippen MR) is 85.4 cm³/mol. The molecule has 22 heavy (non-hydrogen) atoms. The number of methoxy groups -OCH3 is 1. The van der Waals surface area contributed by atoms with E-state index in [1.165, 1.54) is 18.7 Å². The van der Waals surface area contributed by atoms with E-state index in [1.54, 1.807) is 6.07 Å². The van der Waals surface area contributed by atoms with Crippen molar-refractivity contribution < 1.29 is 14.2 Å². The molecule has 0 spiro atoms. The van der Waals surface area contributed by atoms with E-state index >= 15 is 0 Å². The van der Waals surface area contributed by atoms with Crippen molar-refractivity contribution in [1.82, 2.24) is 5.32 Å². The van der Waals surface area contributed by atoms with E-state index in [1.807, 2.05) is 37.3 Å². The van der Waals surface area contributed by atoms with E-state index < -0.39 is 0 Å². The maximum atomic E-state index is 13.7. The minimum atomic E-state index is -0.340. The van der Waals surface area contributed by atoms with E-state index in [-0.39, 0.29) is 24.2 Å². The summed E-state index contributed by atoms with van der Waals surface area (Å²) in [5, 5.41) is 12.4. The van der Waals surface area contributed by atoms with Crippen LogP contribution in [0.1, 0.15) is 29.7 Å². The number of rotatable bonds is 7. The van der Waals surface area contributed by atoms with Crippen molar-refractivity contribution in [2.24, 2.45) is 0 Å². The van der Waals surface area contributed by atoms with E-state index in [2.05, 4.69) is 5.32 Å². The first-order chi connectivity index (χ1) is 10.6. The van der Waals surface area contributed by atoms with Crippen LogP contribution in [0.2, 0.25) is 0 Å². The third-order valence-corrected chi connectivity index (χ3v) is 3.75. The van der Waals surface area contributed by atoms with Gasteiger partial charge in [0.05, 0.1) is 13.7 Å². The van der Waals surface area contributed by atoms with Gasteiger partial charge in [-0.2, -0.15) is 0 Å². The molecule has 4 heteroatoms. The molecule has 2 N–H and O–H groups in total. The zero-order chi connectivity index (χ0) is 15.9. The Hall–Kier alpha value is -1.91. The molecule has 0 aliphatic carbocycles. The molecule has 0 heterocycles. The van der Waals surface area contributed by atoms with Gasteiger partial charge in [0.15, 0.2) is 11.6 Å². The third kappa shape index (κ3) is 4.29. The lowest BCUT2D eigenvalue weighted by Crippen LogP contribution is -2.21. The van der Waals surface area contributed by atoms with E-state index in [9.17, 15) is 4.39 Å². The van der Waals surface area contributed by atoms with Gasteiger partial charge in [-0.1, -0.05) is 30.3 Å². The quantitative estimate of drug-likeness (QED) is 0.825. The summed E-state index contributed by atoms with van der Waals surface area (Å²) in [5.74, 6) is -0.0758. The zero-order valence-corrected chi connectivity index (χ0v) is 13.0. The molecule has 0 bridgehead atoms. The second kappa shape index (κ2) is 7.92. The summed E-state index contributed by atoms with van der Waals surface area (Å²) in [6, 6.07) is 13.0. The summed E-state index contributed by atoms with van der Waals surface area (Å²) in [4.78, 5) is 0. The first-order valence-electron chi connectivity index (χ1n) is 7.39. The molecule has 0 saturated heterocycles. The Labute approximate surface area is 130 Å². The minimum Gasteiger partial charge on any atom is -0.494 e. The monoisotopic (exact) mass is 303 g/mol. The van der Waals surface area contributed by atoms with Crippen molar-refractivity contribution in [2.75, 3.05) is 13.7 Å². The van der Waals surface area contributed by atoms with Crippen LogP contribution in [0.5, 0.6) is 5.75 Å². The lowest BCUT2D eigenvalue weighted by Gasteiger charge is -2.15. The normalized spacial score (nSPS) is 12.2. The Morgan fingerprint density at radius 1 is 1.14 bits per heavy atom. The fourth-order valence-corrected chi connectivity index (χ4v) is 2.31. The van der Waals surface area contributed by atoms with Crippen LogP contribution >= 0.6 is 0 Å². The molecule has 3 nitrogen and oxygen atoms in total. The molecule has 2 rings (SSSR count). The summed E-state index contributed by atoms with van der Waals surface area (Å²) < 4.78 is 18.6. The number of hydrogen-bond donors (Lipinski definition) is 2. The van der Waals surface area contributed by atoms with Crippen LogP contribution in [0.3, 0.4) is 0 Å². The predicted octanol–water partition coefficient (Wildman–Crippen LogP) is 3.22. The number of halogens is 1. The largest absolute Gasteiger partial charge is 0.494 e. The van der Waals surface area contributed by atoms with Crippen molar-refractivity contribution in [3.8, 4) is 5.75 Å². The fourth-order valence-electron chi connectivity index (χ4n) is 2.31. The lowest BCUT2D eigenvalue weighted by atomic mass is 10.1. The van der Waals surface area contributed by atoms with Crippen LogP contribution in [0.15, 0.2) is 42.5 Å². The maximum Gasteiger partial charge on any atom is 0.165 e. The molecule has 0 saturated carbocycles. The molecule has 118 valence electrons. The van der Waals surface area contributed by atoms with E-state index in [0.29, 0.717) is 0 Å². The summed E-state index contributed by atoms with van der Waals surface area (Å²) in [5.41, 5.74) is 3.02. The smallest absolute Gasteiger partial charge is 0.165 e. The first-order valence-corrected chi connectivity index (χ1v) is 7.39. The SMILES string of the molecule is COc1ccc(C(C)NCCc2ccc(CO)cc2)cc1F. The molecular weight excluding hydrogens is 281 g/mol. The molecule has 1 atom stereocenters. The Morgan fingerprint density at radius 3 is 2.41 bits per heavy atom. The topological polar surface area (TPSA) is 41.5 Å². The third-order valence-electron chi connectivity index (χ3n) is 3.75. The average molecular weight is 303 g/mol. The Kier molecular flexibility index (Phi) is 5.92. The highest BCUT2D eigenvalue weighted by Gasteiger charge is 2.09. The molecule has 0 aliphatic heterocycles. The van der Waals surface area contributed by atoms with Gasteiger partial charge in [-0.15, -0.1) is 0 Å². The maximum absolute atomic E-state index is 13.7.